The van der Waals surface area contributed by atoms with Crippen LogP contribution >= 0.6 is 0 Å². The first-order chi connectivity index (χ1) is 9.76. The predicted octanol–water partition coefficient (Wildman–Crippen LogP) is 3.18. The van der Waals surface area contributed by atoms with Crippen LogP contribution in [-0.2, 0) is 6.54 Å². The van der Waals surface area contributed by atoms with Gasteiger partial charge in [-0.15, -0.1) is 0 Å². The Kier molecular flexibility index (Phi) is 4.37. The summed E-state index contributed by atoms with van der Waals surface area (Å²) in [6.07, 6.45) is 5.19. The minimum atomic E-state index is -0.122. The second kappa shape index (κ2) is 6.23. The second-order valence-corrected chi connectivity index (χ2v) is 6.35. The van der Waals surface area contributed by atoms with Crippen LogP contribution in [0.2, 0.25) is 0 Å². The number of rotatable bonds is 5. The normalized spacial score (nSPS) is 27.7. The SMILES string of the molecule is CCCC1CNC(C2CC2)CN1Cc1cccc(F)c1. The third-order valence-electron chi connectivity index (χ3n) is 4.65. The van der Waals surface area contributed by atoms with Gasteiger partial charge in [-0.05, 0) is 42.9 Å². The predicted molar refractivity (Wildman–Crippen MR) is 80.0 cm³/mol. The Bertz CT molecular complexity index is 444. The van der Waals surface area contributed by atoms with E-state index in [1.165, 1.54) is 31.7 Å². The third kappa shape index (κ3) is 3.39. The van der Waals surface area contributed by atoms with E-state index in [0.29, 0.717) is 12.1 Å². The zero-order valence-electron chi connectivity index (χ0n) is 12.3. The smallest absolute Gasteiger partial charge is 0.123 e. The van der Waals surface area contributed by atoms with Gasteiger partial charge in [0, 0.05) is 31.7 Å². The first-order valence-electron chi connectivity index (χ1n) is 7.98. The topological polar surface area (TPSA) is 15.3 Å². The van der Waals surface area contributed by atoms with Crippen LogP contribution in [-0.4, -0.2) is 30.1 Å². The molecule has 1 aliphatic carbocycles. The largest absolute Gasteiger partial charge is 0.311 e. The molecule has 20 heavy (non-hydrogen) atoms. The summed E-state index contributed by atoms with van der Waals surface area (Å²) in [6, 6.07) is 8.31. The van der Waals surface area contributed by atoms with Crippen LogP contribution in [0.25, 0.3) is 0 Å². The Balaban J connectivity index is 1.68. The molecule has 0 amide bonds. The number of halogens is 1. The summed E-state index contributed by atoms with van der Waals surface area (Å²) in [5, 5.41) is 3.73. The minimum absolute atomic E-state index is 0.122. The molecule has 1 N–H and O–H groups in total. The van der Waals surface area contributed by atoms with Crippen LogP contribution in [0.15, 0.2) is 24.3 Å². The second-order valence-electron chi connectivity index (χ2n) is 6.35. The van der Waals surface area contributed by atoms with Crippen LogP contribution < -0.4 is 5.32 Å². The molecule has 1 aliphatic heterocycles. The first-order valence-corrected chi connectivity index (χ1v) is 7.98. The van der Waals surface area contributed by atoms with Crippen molar-refractivity contribution in [3.05, 3.63) is 35.6 Å². The van der Waals surface area contributed by atoms with Crippen molar-refractivity contribution in [2.24, 2.45) is 5.92 Å². The molecule has 2 unspecified atom stereocenters. The fourth-order valence-corrected chi connectivity index (χ4v) is 3.38. The molecule has 2 nitrogen and oxygen atoms in total. The molecule has 1 saturated heterocycles. The van der Waals surface area contributed by atoms with Crippen LogP contribution in [0.3, 0.4) is 0 Å². The van der Waals surface area contributed by atoms with Crippen molar-refractivity contribution in [2.75, 3.05) is 13.1 Å². The summed E-state index contributed by atoms with van der Waals surface area (Å²) >= 11 is 0. The molecule has 0 aromatic heterocycles. The Labute approximate surface area is 121 Å². The average Bonchev–Trinajstić information content (AvgIpc) is 3.25. The summed E-state index contributed by atoms with van der Waals surface area (Å²) in [6.45, 7) is 5.33. The Morgan fingerprint density at radius 2 is 2.20 bits per heavy atom. The Morgan fingerprint density at radius 3 is 2.90 bits per heavy atom. The molecule has 0 spiro atoms. The molecule has 2 fully saturated rings. The summed E-state index contributed by atoms with van der Waals surface area (Å²) < 4.78 is 13.4. The van der Waals surface area contributed by atoms with Gasteiger partial charge in [0.1, 0.15) is 5.82 Å². The van der Waals surface area contributed by atoms with Crippen LogP contribution in [0.4, 0.5) is 4.39 Å². The number of nitrogens with one attached hydrogen (secondary N) is 1. The van der Waals surface area contributed by atoms with Gasteiger partial charge in [0.25, 0.3) is 0 Å². The fraction of sp³-hybridized carbons (Fsp3) is 0.647. The zero-order valence-corrected chi connectivity index (χ0v) is 12.3. The maximum Gasteiger partial charge on any atom is 0.123 e. The van der Waals surface area contributed by atoms with Gasteiger partial charge in [0.15, 0.2) is 0 Å². The Hall–Kier alpha value is -0.930. The molecule has 3 heteroatoms. The van der Waals surface area contributed by atoms with Gasteiger partial charge in [-0.1, -0.05) is 25.5 Å². The molecule has 0 radical (unpaired) electrons. The van der Waals surface area contributed by atoms with E-state index in [1.54, 1.807) is 6.07 Å². The number of hydrogen-bond donors (Lipinski definition) is 1. The van der Waals surface area contributed by atoms with Crippen molar-refractivity contribution in [3.63, 3.8) is 0 Å². The quantitative estimate of drug-likeness (QED) is 0.888. The summed E-state index contributed by atoms with van der Waals surface area (Å²) in [5.74, 6) is 0.760. The highest BCUT2D eigenvalue weighted by Gasteiger charge is 2.36. The van der Waals surface area contributed by atoms with Crippen LogP contribution in [0.5, 0.6) is 0 Å². The lowest BCUT2D eigenvalue weighted by atomic mass is 10.0. The van der Waals surface area contributed by atoms with Crippen molar-refractivity contribution >= 4 is 0 Å². The van der Waals surface area contributed by atoms with Gasteiger partial charge >= 0.3 is 0 Å². The fourth-order valence-electron chi connectivity index (χ4n) is 3.38. The molecule has 1 aromatic carbocycles. The van der Waals surface area contributed by atoms with Crippen molar-refractivity contribution in [3.8, 4) is 0 Å². The lowest BCUT2D eigenvalue weighted by Gasteiger charge is -2.41. The maximum atomic E-state index is 13.4. The number of nitrogens with zero attached hydrogens (tertiary/aromatic N) is 1. The molecular weight excluding hydrogens is 251 g/mol. The Morgan fingerprint density at radius 1 is 1.35 bits per heavy atom. The highest BCUT2D eigenvalue weighted by atomic mass is 19.1. The zero-order chi connectivity index (χ0) is 13.9. The molecule has 110 valence electrons. The lowest BCUT2D eigenvalue weighted by Crippen LogP contribution is -2.56. The molecule has 1 saturated carbocycles. The molecule has 0 bridgehead atoms. The monoisotopic (exact) mass is 276 g/mol. The van der Waals surface area contributed by atoms with Crippen molar-refractivity contribution in [1.29, 1.82) is 0 Å². The molecule has 2 aliphatic rings. The van der Waals surface area contributed by atoms with E-state index in [-0.39, 0.29) is 5.82 Å². The highest BCUT2D eigenvalue weighted by Crippen LogP contribution is 2.34. The lowest BCUT2D eigenvalue weighted by molar-refractivity contribution is 0.108. The molecule has 3 rings (SSSR count). The molecule has 1 aromatic rings. The van der Waals surface area contributed by atoms with Crippen molar-refractivity contribution in [2.45, 2.75) is 51.2 Å². The summed E-state index contributed by atoms with van der Waals surface area (Å²) in [7, 11) is 0. The molecule has 2 atom stereocenters. The van der Waals surface area contributed by atoms with Gasteiger partial charge in [-0.25, -0.2) is 4.39 Å². The van der Waals surface area contributed by atoms with Crippen LogP contribution in [0.1, 0.15) is 38.2 Å². The average molecular weight is 276 g/mol. The molecular formula is C17H25FN2. The number of benzene rings is 1. The third-order valence-corrected chi connectivity index (χ3v) is 4.65. The highest BCUT2D eigenvalue weighted by molar-refractivity contribution is 5.16. The van der Waals surface area contributed by atoms with E-state index in [4.69, 9.17) is 0 Å². The summed E-state index contributed by atoms with van der Waals surface area (Å²) in [4.78, 5) is 2.57. The van der Waals surface area contributed by atoms with Gasteiger partial charge in [-0.3, -0.25) is 4.90 Å². The van der Waals surface area contributed by atoms with E-state index in [9.17, 15) is 4.39 Å². The van der Waals surface area contributed by atoms with E-state index in [1.807, 2.05) is 12.1 Å². The van der Waals surface area contributed by atoms with Gasteiger partial charge in [0.05, 0.1) is 0 Å². The van der Waals surface area contributed by atoms with E-state index in [2.05, 4.69) is 17.1 Å². The molecule has 1 heterocycles. The van der Waals surface area contributed by atoms with E-state index in [0.717, 1.165) is 31.1 Å². The van der Waals surface area contributed by atoms with Crippen molar-refractivity contribution in [1.82, 2.24) is 10.2 Å². The maximum absolute atomic E-state index is 13.4. The van der Waals surface area contributed by atoms with E-state index < -0.39 is 0 Å². The number of hydrogen-bond acceptors (Lipinski definition) is 2. The number of piperazine rings is 1. The van der Waals surface area contributed by atoms with Crippen molar-refractivity contribution < 1.29 is 4.39 Å². The van der Waals surface area contributed by atoms with E-state index >= 15 is 0 Å². The van der Waals surface area contributed by atoms with Gasteiger partial charge < -0.3 is 5.32 Å². The van der Waals surface area contributed by atoms with Crippen LogP contribution in [0, 0.1) is 11.7 Å². The summed E-state index contributed by atoms with van der Waals surface area (Å²) in [5.41, 5.74) is 1.10. The minimum Gasteiger partial charge on any atom is -0.311 e. The first kappa shape index (κ1) is 14.0. The standard InChI is InChI=1S/C17H25FN2/c1-2-4-16-10-19-17(14-7-8-14)12-20(16)11-13-5-3-6-15(18)9-13/h3,5-6,9,14,16-17,19H,2,4,7-8,10-12H2,1H3. The van der Waals surface area contributed by atoms with Gasteiger partial charge in [0.2, 0.25) is 0 Å². The van der Waals surface area contributed by atoms with Gasteiger partial charge in [-0.2, -0.15) is 0 Å².